The second-order valence-corrected chi connectivity index (χ2v) is 22.4. The summed E-state index contributed by atoms with van der Waals surface area (Å²) in [6.07, 6.45) is 25.2. The van der Waals surface area contributed by atoms with Crippen LogP contribution in [0.4, 0.5) is 14.4 Å². The summed E-state index contributed by atoms with van der Waals surface area (Å²) >= 11 is -0.279. The van der Waals surface area contributed by atoms with Crippen LogP contribution in [-0.4, -0.2) is 112 Å². The third-order valence-electron chi connectivity index (χ3n) is 12.6. The van der Waals surface area contributed by atoms with Crippen LogP contribution in [0.15, 0.2) is 79.9 Å². The number of nitrogens with one attached hydrogen (secondary N) is 3. The van der Waals surface area contributed by atoms with Gasteiger partial charge in [-0.2, -0.15) is 0 Å². The second kappa shape index (κ2) is 48.3. The van der Waals surface area contributed by atoms with Gasteiger partial charge in [0.2, 0.25) is 0 Å². The van der Waals surface area contributed by atoms with E-state index in [1.165, 1.54) is 63.4 Å². The van der Waals surface area contributed by atoms with Crippen molar-refractivity contribution in [3.8, 4) is 5.75 Å². The van der Waals surface area contributed by atoms with Gasteiger partial charge in [-0.15, -0.1) is 0 Å². The average Bonchev–Trinajstić information content (AvgIpc) is 3.45. The summed E-state index contributed by atoms with van der Waals surface area (Å²) in [5.41, 5.74) is 0. The number of alkyl carbamates (subject to hydrolysis) is 1. The van der Waals surface area contributed by atoms with Crippen LogP contribution in [-0.2, 0) is 42.9 Å². The molecule has 2 aromatic carbocycles. The molecule has 0 bridgehead atoms. The Balaban J connectivity index is 1.80. The van der Waals surface area contributed by atoms with Crippen LogP contribution >= 0.6 is 0 Å². The number of hydrogen-bond donors (Lipinski definition) is 3. The number of unbranched alkanes of at least 4 members (excludes halogenated alkanes) is 20. The van der Waals surface area contributed by atoms with E-state index in [4.69, 9.17) is 28.4 Å². The van der Waals surface area contributed by atoms with E-state index >= 15 is 0 Å². The van der Waals surface area contributed by atoms with Crippen LogP contribution in [0.25, 0.3) is 0 Å². The van der Waals surface area contributed by atoms with Crippen molar-refractivity contribution in [3.63, 3.8) is 0 Å². The minimum absolute atomic E-state index is 0.00310. The lowest BCUT2D eigenvalue weighted by Gasteiger charge is -2.22. The lowest BCUT2D eigenvalue weighted by Crippen LogP contribution is -3.61. The van der Waals surface area contributed by atoms with E-state index in [1.807, 2.05) is 18.2 Å². The van der Waals surface area contributed by atoms with Crippen molar-refractivity contribution in [2.75, 3.05) is 59.2 Å². The zero-order valence-corrected chi connectivity index (χ0v) is 49.6. The zero-order valence-electron chi connectivity index (χ0n) is 47.4. The van der Waals surface area contributed by atoms with E-state index in [1.54, 1.807) is 0 Å². The topological polar surface area (TPSA) is 214 Å². The predicted octanol–water partition coefficient (Wildman–Crippen LogP) is 9.11. The predicted molar refractivity (Wildman–Crippen MR) is 302 cm³/mol. The van der Waals surface area contributed by atoms with Gasteiger partial charge < -0.3 is 44.4 Å². The van der Waals surface area contributed by atoms with E-state index in [-0.39, 0.29) is 91.7 Å². The maximum absolute atomic E-state index is 13.4. The van der Waals surface area contributed by atoms with Gasteiger partial charge in [0.1, 0.15) is 44.9 Å². The molecule has 0 heterocycles. The number of halogens is 1. The van der Waals surface area contributed by atoms with Crippen LogP contribution in [0.5, 0.6) is 5.75 Å². The summed E-state index contributed by atoms with van der Waals surface area (Å²) < 4.78 is 34.5. The molecule has 0 fully saturated rings. The highest BCUT2D eigenvalue weighted by atomic mass is 127. The molecule has 2 rings (SSSR count). The molecule has 79 heavy (non-hydrogen) atoms. The maximum atomic E-state index is 13.4. The fourth-order valence-corrected chi connectivity index (χ4v) is 10.4. The number of carbonyl (C=O) groups is 7. The van der Waals surface area contributed by atoms with Gasteiger partial charge in [0.05, 0.1) is 0 Å². The van der Waals surface area contributed by atoms with Gasteiger partial charge >= 0.3 is 63.2 Å². The number of esters is 4. The minimum Gasteiger partial charge on any atom is -0.490 e. The molecule has 1 atom stereocenters. The smallest absolute Gasteiger partial charge is 0.407 e. The van der Waals surface area contributed by atoms with Gasteiger partial charge in [0.25, 0.3) is 0 Å². The van der Waals surface area contributed by atoms with Crippen LogP contribution in [0, 0.1) is 7.14 Å². The number of benzene rings is 2. The Kier molecular flexibility index (Phi) is 42.4. The minimum atomic E-state index is -0.570. The van der Waals surface area contributed by atoms with Crippen LogP contribution in [0.1, 0.15) is 180 Å². The molecule has 0 aliphatic carbocycles. The Morgan fingerprint density at radius 2 is 0.937 bits per heavy atom. The molecule has 0 radical (unpaired) electrons. The SMILES string of the molecule is C=CC(=O)OCCOC(=O)CCCCCCCNC(=O)N(CCCCCCNC(=O)OC(CCCCCCCCCCCC)COc1ccc([I+]c2ccccc2)cc1)C(=O)NCCCCCCCC(=O)OCCOC(=O)C=C. The third-order valence-corrected chi connectivity index (χ3v) is 15.3. The average molecular weight is 1220 g/mol. The highest BCUT2D eigenvalue weighted by Crippen LogP contribution is 2.16. The quantitative estimate of drug-likeness (QED) is 0.0186. The van der Waals surface area contributed by atoms with Crippen LogP contribution < -0.4 is 41.9 Å². The molecule has 0 aromatic heterocycles. The summed E-state index contributed by atoms with van der Waals surface area (Å²) in [6, 6.07) is 17.8. The molecule has 3 N–H and O–H groups in total. The van der Waals surface area contributed by atoms with Gasteiger partial charge in [-0.3, -0.25) is 9.59 Å². The van der Waals surface area contributed by atoms with E-state index in [2.05, 4.69) is 72.4 Å². The second-order valence-electron chi connectivity index (χ2n) is 19.3. The Morgan fingerprint density at radius 1 is 0.506 bits per heavy atom. The number of hydrogen-bond acceptors (Lipinski definition) is 13. The zero-order chi connectivity index (χ0) is 57.2. The summed E-state index contributed by atoms with van der Waals surface area (Å²) in [5, 5.41) is 8.71. The molecular weight excluding hydrogens is 1120 g/mol. The molecule has 442 valence electrons. The molecule has 17 nitrogen and oxygen atoms in total. The number of amides is 5. The van der Waals surface area contributed by atoms with Crippen molar-refractivity contribution in [2.45, 2.75) is 186 Å². The van der Waals surface area contributed by atoms with Gasteiger partial charge in [0, 0.05) is 51.2 Å². The summed E-state index contributed by atoms with van der Waals surface area (Å²) in [5.74, 6) is -1.09. The first-order valence-electron chi connectivity index (χ1n) is 29.1. The fraction of sp³-hybridized carbons (Fsp3) is 0.623. The first kappa shape index (κ1) is 69.4. The molecule has 1 unspecified atom stereocenters. The highest BCUT2D eigenvalue weighted by Gasteiger charge is 2.21. The Morgan fingerprint density at radius 3 is 1.44 bits per heavy atom. The number of nitrogens with zero attached hydrogens (tertiary/aromatic N) is 1. The van der Waals surface area contributed by atoms with Crippen molar-refractivity contribution in [3.05, 3.63) is 87.0 Å². The fourth-order valence-electron chi connectivity index (χ4n) is 8.14. The molecule has 2 aromatic rings. The molecule has 0 aliphatic rings. The molecule has 18 heteroatoms. The van der Waals surface area contributed by atoms with E-state index in [0.29, 0.717) is 58.2 Å². The van der Waals surface area contributed by atoms with Gasteiger partial charge in [0.15, 0.2) is 7.14 Å². The molecule has 0 aliphatic heterocycles. The number of carbonyl (C=O) groups excluding carboxylic acids is 7. The largest absolute Gasteiger partial charge is 0.490 e. The summed E-state index contributed by atoms with van der Waals surface area (Å²) in [7, 11) is 0. The highest BCUT2D eigenvalue weighted by molar-refractivity contribution is 5.93. The Bertz CT molecular complexity index is 1920. The summed E-state index contributed by atoms with van der Waals surface area (Å²) in [4.78, 5) is 87.1. The third kappa shape index (κ3) is 39.4. The number of rotatable bonds is 48. The number of urea groups is 2. The Labute approximate surface area is 482 Å². The first-order valence-corrected chi connectivity index (χ1v) is 31.3. The van der Waals surface area contributed by atoms with Crippen molar-refractivity contribution >= 4 is 42.0 Å². The number of imide groups is 1. The molecule has 0 saturated carbocycles. The van der Waals surface area contributed by atoms with Crippen molar-refractivity contribution in [1.82, 2.24) is 20.9 Å². The Hall–Kier alpha value is -5.66. The first-order chi connectivity index (χ1) is 38.5. The normalized spacial score (nSPS) is 11.1. The van der Waals surface area contributed by atoms with Crippen LogP contribution in [0.2, 0.25) is 0 Å². The lowest BCUT2D eigenvalue weighted by atomic mass is 10.0. The standard InChI is InChI=1S/C61H93IN4O13/c1-4-7-8-9-10-11-12-13-16-26-35-54(50-78-53-40-38-52(39-41-53)62-51-33-24-23-25-34-51)79-61(73)65-44-31-21-22-32-45-66(59(71)63-42-29-19-14-17-27-36-57(69)76-48-46-74-55(67)5-2)60(72)64-43-30-20-15-18-28-37-58(70)77-49-47-75-56(68)6-3/h5-6,23-25,33-34,38-41,54H,2-4,7-22,26-32,35-37,42-50H2,1H3,(H2-,63,64,65,71,72,73)/p+1. The van der Waals surface area contributed by atoms with E-state index < -0.39 is 30.1 Å². The van der Waals surface area contributed by atoms with Gasteiger partial charge in [-0.25, -0.2) is 28.9 Å². The van der Waals surface area contributed by atoms with Crippen LogP contribution in [0.3, 0.4) is 0 Å². The van der Waals surface area contributed by atoms with Gasteiger partial charge in [-0.05, 0) is 87.8 Å². The molecular formula is C61H94IN4O13+. The monoisotopic (exact) mass is 1220 g/mol. The summed E-state index contributed by atoms with van der Waals surface area (Å²) in [6.45, 7) is 10.5. The van der Waals surface area contributed by atoms with Crippen molar-refractivity contribution < 1.29 is 83.2 Å². The molecule has 0 saturated heterocycles. The lowest BCUT2D eigenvalue weighted by molar-refractivity contribution is -0.597. The van der Waals surface area contributed by atoms with E-state index in [9.17, 15) is 33.6 Å². The maximum Gasteiger partial charge on any atom is 0.407 e. The molecule has 5 amide bonds. The number of ether oxygens (including phenoxy) is 6. The van der Waals surface area contributed by atoms with E-state index in [0.717, 1.165) is 88.5 Å². The molecule has 0 spiro atoms. The van der Waals surface area contributed by atoms with Gasteiger partial charge in [-0.1, -0.05) is 147 Å². The van der Waals surface area contributed by atoms with Crippen molar-refractivity contribution in [2.24, 2.45) is 0 Å². The van der Waals surface area contributed by atoms with Crippen molar-refractivity contribution in [1.29, 1.82) is 0 Å².